The molecule has 0 amide bonds. The fourth-order valence-corrected chi connectivity index (χ4v) is 3.03. The van der Waals surface area contributed by atoms with Gasteiger partial charge in [-0.1, -0.05) is 31.2 Å². The lowest BCUT2D eigenvalue weighted by atomic mass is 9.91. The second-order valence-corrected chi connectivity index (χ2v) is 5.48. The standard InChI is InChI=1S/C16H19N3O3/c1-2-9-19-15(21)12(14(20)18-16(19)22)13-11-6-4-3-5-10(11)7-8-17-13/h3-6,13,17,21H,2,7-9H2,1H3,(H,18,20,22)/t13-/m1/s1. The molecule has 1 aliphatic rings. The second-order valence-electron chi connectivity index (χ2n) is 5.48. The van der Waals surface area contributed by atoms with Crippen molar-refractivity contribution in [3.05, 3.63) is 61.8 Å². The van der Waals surface area contributed by atoms with Crippen molar-refractivity contribution in [2.24, 2.45) is 0 Å². The van der Waals surface area contributed by atoms with Crippen LogP contribution in [0.4, 0.5) is 0 Å². The average Bonchev–Trinajstić information content (AvgIpc) is 2.51. The zero-order valence-corrected chi connectivity index (χ0v) is 12.4. The number of benzene rings is 1. The highest BCUT2D eigenvalue weighted by Crippen LogP contribution is 2.30. The van der Waals surface area contributed by atoms with Gasteiger partial charge in [0.25, 0.3) is 5.56 Å². The third kappa shape index (κ3) is 2.35. The molecule has 6 nitrogen and oxygen atoms in total. The van der Waals surface area contributed by atoms with Crippen LogP contribution in [0.1, 0.15) is 36.1 Å². The monoisotopic (exact) mass is 301 g/mol. The van der Waals surface area contributed by atoms with Gasteiger partial charge in [0.05, 0.1) is 11.6 Å². The Kier molecular flexibility index (Phi) is 3.85. The molecule has 1 aromatic carbocycles. The van der Waals surface area contributed by atoms with E-state index in [2.05, 4.69) is 10.3 Å². The van der Waals surface area contributed by atoms with Crippen LogP contribution in [0, 0.1) is 0 Å². The Morgan fingerprint density at radius 1 is 1.32 bits per heavy atom. The number of fused-ring (bicyclic) bond motifs is 1. The predicted octanol–water partition coefficient (Wildman–Crippen LogP) is 0.887. The summed E-state index contributed by atoms with van der Waals surface area (Å²) >= 11 is 0. The van der Waals surface area contributed by atoms with E-state index in [-0.39, 0.29) is 11.4 Å². The number of aromatic hydroxyl groups is 1. The van der Waals surface area contributed by atoms with Gasteiger partial charge in [-0.25, -0.2) is 4.79 Å². The van der Waals surface area contributed by atoms with Gasteiger partial charge in [-0.15, -0.1) is 0 Å². The van der Waals surface area contributed by atoms with Crippen LogP contribution in [0.5, 0.6) is 5.88 Å². The molecule has 1 aliphatic heterocycles. The van der Waals surface area contributed by atoms with E-state index in [4.69, 9.17) is 0 Å². The largest absolute Gasteiger partial charge is 0.494 e. The first kappa shape index (κ1) is 14.6. The maximum Gasteiger partial charge on any atom is 0.331 e. The lowest BCUT2D eigenvalue weighted by Crippen LogP contribution is -2.39. The zero-order valence-electron chi connectivity index (χ0n) is 12.4. The van der Waals surface area contributed by atoms with E-state index < -0.39 is 17.3 Å². The fraction of sp³-hybridized carbons (Fsp3) is 0.375. The van der Waals surface area contributed by atoms with Crippen LogP contribution in [-0.4, -0.2) is 21.2 Å². The molecule has 2 heterocycles. The summed E-state index contributed by atoms with van der Waals surface area (Å²) < 4.78 is 1.22. The van der Waals surface area contributed by atoms with Crippen LogP contribution >= 0.6 is 0 Å². The summed E-state index contributed by atoms with van der Waals surface area (Å²) in [5, 5.41) is 13.7. The Morgan fingerprint density at radius 2 is 2.09 bits per heavy atom. The normalized spacial score (nSPS) is 17.2. The molecule has 1 atom stereocenters. The minimum Gasteiger partial charge on any atom is -0.494 e. The molecule has 1 aromatic heterocycles. The van der Waals surface area contributed by atoms with Gasteiger partial charge in [0.15, 0.2) is 0 Å². The molecule has 3 rings (SSSR count). The lowest BCUT2D eigenvalue weighted by molar-refractivity contribution is 0.382. The first-order valence-electron chi connectivity index (χ1n) is 7.50. The minimum absolute atomic E-state index is 0.209. The Labute approximate surface area is 127 Å². The minimum atomic E-state index is -0.572. The van der Waals surface area contributed by atoms with Crippen LogP contribution < -0.4 is 16.6 Å². The highest BCUT2D eigenvalue weighted by atomic mass is 16.3. The van der Waals surface area contributed by atoms with Gasteiger partial charge in [0, 0.05) is 13.1 Å². The number of hydrogen-bond acceptors (Lipinski definition) is 4. The molecule has 6 heteroatoms. The van der Waals surface area contributed by atoms with Gasteiger partial charge < -0.3 is 10.4 Å². The molecular formula is C16H19N3O3. The first-order chi connectivity index (χ1) is 10.6. The summed E-state index contributed by atoms with van der Waals surface area (Å²) in [6, 6.07) is 7.43. The summed E-state index contributed by atoms with van der Waals surface area (Å²) in [4.78, 5) is 26.4. The van der Waals surface area contributed by atoms with Gasteiger partial charge in [-0.3, -0.25) is 14.3 Å². The number of rotatable bonds is 3. The topological polar surface area (TPSA) is 87.1 Å². The van der Waals surface area contributed by atoms with Crippen molar-refractivity contribution >= 4 is 0 Å². The molecule has 0 spiro atoms. The third-order valence-electron chi connectivity index (χ3n) is 4.05. The smallest absolute Gasteiger partial charge is 0.331 e. The average molecular weight is 301 g/mol. The number of hydrogen-bond donors (Lipinski definition) is 3. The Bertz CT molecular complexity index is 807. The van der Waals surface area contributed by atoms with E-state index in [1.807, 2.05) is 31.2 Å². The van der Waals surface area contributed by atoms with Crippen molar-refractivity contribution in [1.29, 1.82) is 0 Å². The van der Waals surface area contributed by atoms with Gasteiger partial charge in [-0.2, -0.15) is 0 Å². The van der Waals surface area contributed by atoms with Crippen molar-refractivity contribution in [3.8, 4) is 5.88 Å². The van der Waals surface area contributed by atoms with Crippen molar-refractivity contribution in [2.75, 3.05) is 6.54 Å². The molecular weight excluding hydrogens is 282 g/mol. The van der Waals surface area contributed by atoms with Crippen molar-refractivity contribution in [1.82, 2.24) is 14.9 Å². The lowest BCUT2D eigenvalue weighted by Gasteiger charge is -2.27. The van der Waals surface area contributed by atoms with E-state index >= 15 is 0 Å². The summed E-state index contributed by atoms with van der Waals surface area (Å²) in [5.74, 6) is -0.246. The summed E-state index contributed by atoms with van der Waals surface area (Å²) in [5.41, 5.74) is 1.22. The molecule has 0 unspecified atom stereocenters. The number of nitrogens with zero attached hydrogens (tertiary/aromatic N) is 1. The molecule has 116 valence electrons. The van der Waals surface area contributed by atoms with Crippen molar-refractivity contribution in [2.45, 2.75) is 32.4 Å². The molecule has 22 heavy (non-hydrogen) atoms. The first-order valence-corrected chi connectivity index (χ1v) is 7.50. The number of aromatic nitrogens is 2. The molecule has 0 fully saturated rings. The predicted molar refractivity (Wildman–Crippen MR) is 83.3 cm³/mol. The number of H-pyrrole nitrogens is 1. The van der Waals surface area contributed by atoms with E-state index in [1.54, 1.807) is 0 Å². The Balaban J connectivity index is 2.20. The van der Waals surface area contributed by atoms with E-state index in [1.165, 1.54) is 4.57 Å². The van der Waals surface area contributed by atoms with Crippen LogP contribution in [0.3, 0.4) is 0 Å². The Morgan fingerprint density at radius 3 is 2.86 bits per heavy atom. The van der Waals surface area contributed by atoms with Gasteiger partial charge in [0.2, 0.25) is 5.88 Å². The molecule has 0 bridgehead atoms. The number of aromatic amines is 1. The molecule has 0 radical (unpaired) electrons. The van der Waals surface area contributed by atoms with Crippen LogP contribution in [0.25, 0.3) is 0 Å². The van der Waals surface area contributed by atoms with Crippen LogP contribution in [0.2, 0.25) is 0 Å². The maximum atomic E-state index is 12.3. The van der Waals surface area contributed by atoms with Gasteiger partial charge in [-0.05, 0) is 24.0 Å². The van der Waals surface area contributed by atoms with Crippen molar-refractivity contribution in [3.63, 3.8) is 0 Å². The van der Waals surface area contributed by atoms with Crippen LogP contribution in [0.15, 0.2) is 33.9 Å². The molecule has 2 aromatic rings. The summed E-state index contributed by atoms with van der Waals surface area (Å²) in [6.45, 7) is 2.99. The quantitative estimate of drug-likeness (QED) is 0.785. The Hall–Kier alpha value is -2.34. The molecule has 3 N–H and O–H groups in total. The van der Waals surface area contributed by atoms with Gasteiger partial charge in [0.1, 0.15) is 0 Å². The van der Waals surface area contributed by atoms with Crippen LogP contribution in [-0.2, 0) is 13.0 Å². The van der Waals surface area contributed by atoms with E-state index in [0.29, 0.717) is 19.5 Å². The van der Waals surface area contributed by atoms with E-state index in [0.717, 1.165) is 17.5 Å². The van der Waals surface area contributed by atoms with Gasteiger partial charge >= 0.3 is 5.69 Å². The fourth-order valence-electron chi connectivity index (χ4n) is 3.03. The van der Waals surface area contributed by atoms with Crippen molar-refractivity contribution < 1.29 is 5.11 Å². The third-order valence-corrected chi connectivity index (χ3v) is 4.05. The molecule has 0 aliphatic carbocycles. The van der Waals surface area contributed by atoms with E-state index in [9.17, 15) is 14.7 Å². The number of nitrogens with one attached hydrogen (secondary N) is 2. The highest BCUT2D eigenvalue weighted by Gasteiger charge is 2.27. The molecule has 0 saturated heterocycles. The molecule has 0 saturated carbocycles. The highest BCUT2D eigenvalue weighted by molar-refractivity contribution is 5.41. The second kappa shape index (κ2) is 5.81. The zero-order chi connectivity index (χ0) is 15.7. The summed E-state index contributed by atoms with van der Waals surface area (Å²) in [7, 11) is 0. The summed E-state index contributed by atoms with van der Waals surface area (Å²) in [6.07, 6.45) is 1.56. The SMILES string of the molecule is CCCn1c(O)c([C@@H]2NCCc3ccccc32)c(=O)[nH]c1=O. The maximum absolute atomic E-state index is 12.3.